The van der Waals surface area contributed by atoms with Crippen LogP contribution in [-0.2, 0) is 9.53 Å². The lowest BCUT2D eigenvalue weighted by atomic mass is 10.4. The Morgan fingerprint density at radius 2 is 2.31 bits per heavy atom. The van der Waals surface area contributed by atoms with E-state index in [1.165, 1.54) is 4.90 Å². The molecule has 0 unspecified atom stereocenters. The molecule has 0 radical (unpaired) electrons. The van der Waals surface area contributed by atoms with Gasteiger partial charge in [-0.3, -0.25) is 9.69 Å². The van der Waals surface area contributed by atoms with Crippen LogP contribution in [0.3, 0.4) is 0 Å². The van der Waals surface area contributed by atoms with Gasteiger partial charge in [-0.25, -0.2) is 4.79 Å². The summed E-state index contributed by atoms with van der Waals surface area (Å²) in [5, 5.41) is 2.77. The van der Waals surface area contributed by atoms with Crippen molar-refractivity contribution in [2.75, 3.05) is 46.9 Å². The summed E-state index contributed by atoms with van der Waals surface area (Å²) in [5.74, 6) is -0.127. The van der Waals surface area contributed by atoms with Crippen molar-refractivity contribution in [3.63, 3.8) is 0 Å². The van der Waals surface area contributed by atoms with Crippen LogP contribution in [0.5, 0.6) is 0 Å². The van der Waals surface area contributed by atoms with Gasteiger partial charge in [0.05, 0.1) is 6.54 Å². The first kappa shape index (κ1) is 12.8. The first-order chi connectivity index (χ1) is 7.59. The van der Waals surface area contributed by atoms with Crippen LogP contribution in [0.15, 0.2) is 0 Å². The SMILES string of the molecule is CN(C)CCCNC(=O)CN1CCOC1=O. The number of nitrogens with one attached hydrogen (secondary N) is 1. The topological polar surface area (TPSA) is 61.9 Å². The Balaban J connectivity index is 2.09. The van der Waals surface area contributed by atoms with E-state index >= 15 is 0 Å². The monoisotopic (exact) mass is 229 g/mol. The zero-order chi connectivity index (χ0) is 12.0. The highest BCUT2D eigenvalue weighted by Gasteiger charge is 2.23. The van der Waals surface area contributed by atoms with Crippen LogP contribution >= 0.6 is 0 Å². The number of hydrogen-bond donors (Lipinski definition) is 1. The molecule has 1 N–H and O–H groups in total. The van der Waals surface area contributed by atoms with E-state index in [0.29, 0.717) is 19.7 Å². The van der Waals surface area contributed by atoms with Crippen molar-refractivity contribution >= 4 is 12.0 Å². The molecule has 0 atom stereocenters. The minimum atomic E-state index is -0.400. The van der Waals surface area contributed by atoms with Crippen LogP contribution in [0.1, 0.15) is 6.42 Å². The molecule has 6 nitrogen and oxygen atoms in total. The molecule has 1 aliphatic heterocycles. The van der Waals surface area contributed by atoms with Gasteiger partial charge in [0.15, 0.2) is 0 Å². The second-order valence-electron chi connectivity index (χ2n) is 4.04. The highest BCUT2D eigenvalue weighted by atomic mass is 16.6. The molecule has 1 heterocycles. The molecule has 2 amide bonds. The first-order valence-corrected chi connectivity index (χ1v) is 5.42. The highest BCUT2D eigenvalue weighted by molar-refractivity contribution is 5.82. The largest absolute Gasteiger partial charge is 0.448 e. The predicted molar refractivity (Wildman–Crippen MR) is 59.1 cm³/mol. The van der Waals surface area contributed by atoms with Gasteiger partial charge < -0.3 is 15.0 Å². The Bertz CT molecular complexity index is 256. The van der Waals surface area contributed by atoms with Crippen LogP contribution in [0.4, 0.5) is 4.79 Å². The van der Waals surface area contributed by atoms with Gasteiger partial charge >= 0.3 is 6.09 Å². The minimum absolute atomic E-state index is 0.0980. The molecule has 1 fully saturated rings. The zero-order valence-electron chi connectivity index (χ0n) is 9.86. The van der Waals surface area contributed by atoms with Crippen LogP contribution in [0.25, 0.3) is 0 Å². The number of carbonyl (C=O) groups excluding carboxylic acids is 2. The van der Waals surface area contributed by atoms with E-state index in [2.05, 4.69) is 10.2 Å². The van der Waals surface area contributed by atoms with Gasteiger partial charge in [-0.1, -0.05) is 0 Å². The first-order valence-electron chi connectivity index (χ1n) is 5.42. The molecule has 0 bridgehead atoms. The van der Waals surface area contributed by atoms with E-state index in [1.807, 2.05) is 14.1 Å². The Morgan fingerprint density at radius 3 is 2.88 bits per heavy atom. The molecule has 0 spiro atoms. The van der Waals surface area contributed by atoms with Crippen LogP contribution in [0.2, 0.25) is 0 Å². The maximum Gasteiger partial charge on any atom is 0.410 e. The van der Waals surface area contributed by atoms with E-state index < -0.39 is 6.09 Å². The number of carbonyl (C=O) groups is 2. The smallest absolute Gasteiger partial charge is 0.410 e. The van der Waals surface area contributed by atoms with Crippen molar-refractivity contribution in [2.24, 2.45) is 0 Å². The molecule has 6 heteroatoms. The van der Waals surface area contributed by atoms with Crippen molar-refractivity contribution in [1.29, 1.82) is 0 Å². The Kier molecular flexibility index (Phi) is 5.04. The molecule has 16 heavy (non-hydrogen) atoms. The van der Waals surface area contributed by atoms with Gasteiger partial charge in [-0.15, -0.1) is 0 Å². The number of ether oxygens (including phenoxy) is 1. The number of nitrogens with zero attached hydrogens (tertiary/aromatic N) is 2. The van der Waals surface area contributed by atoms with Gasteiger partial charge in [0, 0.05) is 6.54 Å². The van der Waals surface area contributed by atoms with Gasteiger partial charge in [-0.2, -0.15) is 0 Å². The fraction of sp³-hybridized carbons (Fsp3) is 0.800. The summed E-state index contributed by atoms with van der Waals surface area (Å²) in [6.45, 7) is 2.56. The normalized spacial score (nSPS) is 15.4. The van der Waals surface area contributed by atoms with Crippen LogP contribution < -0.4 is 5.32 Å². The highest BCUT2D eigenvalue weighted by Crippen LogP contribution is 2.01. The summed E-state index contributed by atoms with van der Waals surface area (Å²) in [5.41, 5.74) is 0. The number of hydrogen-bond acceptors (Lipinski definition) is 4. The van der Waals surface area contributed by atoms with Crippen molar-refractivity contribution in [3.8, 4) is 0 Å². The molecular formula is C10H19N3O3. The van der Waals surface area contributed by atoms with Crippen molar-refractivity contribution in [3.05, 3.63) is 0 Å². The summed E-state index contributed by atoms with van der Waals surface area (Å²) in [6.07, 6.45) is 0.506. The van der Waals surface area contributed by atoms with Gasteiger partial charge in [0.1, 0.15) is 13.2 Å². The van der Waals surface area contributed by atoms with Crippen molar-refractivity contribution < 1.29 is 14.3 Å². The summed E-state index contributed by atoms with van der Waals surface area (Å²) in [4.78, 5) is 25.9. The summed E-state index contributed by atoms with van der Waals surface area (Å²) < 4.78 is 4.72. The van der Waals surface area contributed by atoms with Gasteiger partial charge in [-0.05, 0) is 27.1 Å². The molecular weight excluding hydrogens is 210 g/mol. The molecule has 92 valence electrons. The Hall–Kier alpha value is -1.30. The average molecular weight is 229 g/mol. The van der Waals surface area contributed by atoms with Gasteiger partial charge in [0.25, 0.3) is 0 Å². The molecule has 0 aromatic carbocycles. The summed E-state index contributed by atoms with van der Waals surface area (Å²) in [7, 11) is 3.98. The third kappa shape index (κ3) is 4.48. The number of amides is 2. The quantitative estimate of drug-likeness (QED) is 0.624. The lowest BCUT2D eigenvalue weighted by molar-refractivity contribution is -0.121. The predicted octanol–water partition coefficient (Wildman–Crippen LogP) is -0.493. The fourth-order valence-electron chi connectivity index (χ4n) is 1.42. The maximum atomic E-state index is 11.4. The van der Waals surface area contributed by atoms with Crippen molar-refractivity contribution in [2.45, 2.75) is 6.42 Å². The second kappa shape index (κ2) is 6.32. The summed E-state index contributed by atoms with van der Waals surface area (Å²) in [6, 6.07) is 0. The Morgan fingerprint density at radius 1 is 1.56 bits per heavy atom. The molecule has 1 saturated heterocycles. The van der Waals surface area contributed by atoms with E-state index in [1.54, 1.807) is 0 Å². The molecule has 0 aromatic rings. The average Bonchev–Trinajstić information content (AvgIpc) is 2.59. The third-order valence-electron chi connectivity index (χ3n) is 2.28. The maximum absolute atomic E-state index is 11.4. The molecule has 1 aliphatic rings. The lowest BCUT2D eigenvalue weighted by Gasteiger charge is -2.13. The second-order valence-corrected chi connectivity index (χ2v) is 4.04. The zero-order valence-corrected chi connectivity index (χ0v) is 9.86. The molecule has 0 saturated carbocycles. The van der Waals surface area contributed by atoms with E-state index in [0.717, 1.165) is 13.0 Å². The summed E-state index contributed by atoms with van der Waals surface area (Å²) >= 11 is 0. The molecule has 0 aliphatic carbocycles. The van der Waals surface area contributed by atoms with Crippen LogP contribution in [-0.4, -0.2) is 68.7 Å². The fourth-order valence-corrected chi connectivity index (χ4v) is 1.42. The molecule has 1 rings (SSSR count). The van der Waals surface area contributed by atoms with E-state index in [9.17, 15) is 9.59 Å². The van der Waals surface area contributed by atoms with E-state index in [-0.39, 0.29) is 12.5 Å². The number of cyclic esters (lactones) is 1. The van der Waals surface area contributed by atoms with Gasteiger partial charge in [0.2, 0.25) is 5.91 Å². The lowest BCUT2D eigenvalue weighted by Crippen LogP contribution is -2.38. The Labute approximate surface area is 95.5 Å². The third-order valence-corrected chi connectivity index (χ3v) is 2.28. The standard InChI is InChI=1S/C10H19N3O3/c1-12(2)5-3-4-11-9(14)8-13-6-7-16-10(13)15/h3-8H2,1-2H3,(H,11,14). The van der Waals surface area contributed by atoms with Crippen molar-refractivity contribution in [1.82, 2.24) is 15.1 Å². The van der Waals surface area contributed by atoms with E-state index in [4.69, 9.17) is 4.74 Å². The molecule has 0 aromatic heterocycles. The van der Waals surface area contributed by atoms with Crippen LogP contribution in [0, 0.1) is 0 Å². The minimum Gasteiger partial charge on any atom is -0.448 e. The number of rotatable bonds is 6.